The Hall–Kier alpha value is -2.70. The van der Waals surface area contributed by atoms with E-state index in [-0.39, 0.29) is 29.6 Å². The lowest BCUT2D eigenvalue weighted by Crippen LogP contribution is -2.33. The Morgan fingerprint density at radius 2 is 1.92 bits per heavy atom. The largest absolute Gasteiger partial charge is 0.476 e. The van der Waals surface area contributed by atoms with Gasteiger partial charge in [0.05, 0.1) is 12.2 Å². The molecule has 7 nitrogen and oxygen atoms in total. The van der Waals surface area contributed by atoms with Gasteiger partial charge in [0, 0.05) is 0 Å². The predicted octanol–water partition coefficient (Wildman–Crippen LogP) is 2.27. The highest BCUT2D eigenvalue weighted by molar-refractivity contribution is 5.84. The minimum Gasteiger partial charge on any atom is -0.476 e. The second kappa shape index (κ2) is 7.25. The van der Waals surface area contributed by atoms with Crippen LogP contribution in [0.15, 0.2) is 36.5 Å². The van der Waals surface area contributed by atoms with Crippen LogP contribution < -0.4 is 5.32 Å². The molecule has 0 fully saturated rings. The van der Waals surface area contributed by atoms with Crippen LogP contribution in [0, 0.1) is 5.41 Å². The van der Waals surface area contributed by atoms with Crippen LogP contribution in [0.3, 0.4) is 0 Å². The Kier molecular flexibility index (Phi) is 5.33. The maximum absolute atomic E-state index is 12.3. The lowest BCUT2D eigenvalue weighted by Gasteiger charge is -2.27. The van der Waals surface area contributed by atoms with E-state index >= 15 is 0 Å². The molecule has 1 aromatic carbocycles. The topological polar surface area (TPSA) is 97.1 Å². The molecule has 0 bridgehead atoms. The summed E-state index contributed by atoms with van der Waals surface area (Å²) < 4.78 is 1.22. The van der Waals surface area contributed by atoms with E-state index in [1.165, 1.54) is 10.9 Å². The summed E-state index contributed by atoms with van der Waals surface area (Å²) in [5.74, 6) is -1.41. The average Bonchev–Trinajstić information content (AvgIpc) is 2.94. The van der Waals surface area contributed by atoms with Crippen LogP contribution in [0.25, 0.3) is 0 Å². The molecule has 0 radical (unpaired) electrons. The van der Waals surface area contributed by atoms with Gasteiger partial charge >= 0.3 is 5.97 Å². The first-order valence-electron chi connectivity index (χ1n) is 7.72. The van der Waals surface area contributed by atoms with Crippen molar-refractivity contribution in [3.63, 3.8) is 0 Å². The van der Waals surface area contributed by atoms with E-state index in [9.17, 15) is 9.59 Å². The van der Waals surface area contributed by atoms with Gasteiger partial charge in [-0.15, -0.1) is 5.10 Å². The molecule has 128 valence electrons. The molecule has 24 heavy (non-hydrogen) atoms. The molecule has 0 saturated heterocycles. The quantitative estimate of drug-likeness (QED) is 0.847. The molecular weight excluding hydrogens is 308 g/mol. The second-order valence-corrected chi connectivity index (χ2v) is 6.90. The predicted molar refractivity (Wildman–Crippen MR) is 88.4 cm³/mol. The molecule has 2 rings (SSSR count). The van der Waals surface area contributed by atoms with E-state index < -0.39 is 5.97 Å². The molecule has 0 spiro atoms. The summed E-state index contributed by atoms with van der Waals surface area (Å²) in [6.45, 7) is 6.27. The standard InChI is InChI=1S/C17H22N4O3/c1-17(2,3)9-13(12-7-5-4-6-8-12)18-15(22)11-21-10-14(16(23)24)19-20-21/h4-8,10,13H,9,11H2,1-3H3,(H,18,22)(H,23,24). The van der Waals surface area contributed by atoms with Crippen LogP contribution in [0.5, 0.6) is 0 Å². The van der Waals surface area contributed by atoms with Gasteiger partial charge in [-0.3, -0.25) is 4.79 Å². The summed E-state index contributed by atoms with van der Waals surface area (Å²) in [5, 5.41) is 19.0. The van der Waals surface area contributed by atoms with Crippen molar-refractivity contribution >= 4 is 11.9 Å². The maximum Gasteiger partial charge on any atom is 0.358 e. The van der Waals surface area contributed by atoms with Gasteiger partial charge in [0.25, 0.3) is 0 Å². The smallest absolute Gasteiger partial charge is 0.358 e. The monoisotopic (exact) mass is 330 g/mol. The zero-order valence-electron chi connectivity index (χ0n) is 14.1. The van der Waals surface area contributed by atoms with E-state index in [4.69, 9.17) is 5.11 Å². The van der Waals surface area contributed by atoms with Crippen molar-refractivity contribution in [1.82, 2.24) is 20.3 Å². The molecule has 7 heteroatoms. The van der Waals surface area contributed by atoms with Crippen molar-refractivity contribution in [3.8, 4) is 0 Å². The van der Waals surface area contributed by atoms with Gasteiger partial charge in [-0.25, -0.2) is 9.48 Å². The minimum absolute atomic E-state index is 0.0392. The highest BCUT2D eigenvalue weighted by Gasteiger charge is 2.22. The molecule has 0 aliphatic rings. The highest BCUT2D eigenvalue weighted by Crippen LogP contribution is 2.29. The maximum atomic E-state index is 12.3. The van der Waals surface area contributed by atoms with Gasteiger partial charge in [-0.1, -0.05) is 56.3 Å². The third-order valence-corrected chi connectivity index (χ3v) is 3.42. The average molecular weight is 330 g/mol. The van der Waals surface area contributed by atoms with E-state index in [2.05, 4.69) is 36.4 Å². The molecule has 1 unspecified atom stereocenters. The second-order valence-electron chi connectivity index (χ2n) is 6.90. The first-order chi connectivity index (χ1) is 11.2. The fourth-order valence-electron chi connectivity index (χ4n) is 2.41. The molecule has 1 atom stereocenters. The summed E-state index contributed by atoms with van der Waals surface area (Å²) in [7, 11) is 0. The number of aromatic nitrogens is 3. The summed E-state index contributed by atoms with van der Waals surface area (Å²) in [6.07, 6.45) is 2.02. The van der Waals surface area contributed by atoms with Crippen molar-refractivity contribution in [3.05, 3.63) is 47.8 Å². The Labute approximate surface area is 140 Å². The van der Waals surface area contributed by atoms with Crippen molar-refractivity contribution in [2.24, 2.45) is 5.41 Å². The number of carbonyl (C=O) groups is 2. The van der Waals surface area contributed by atoms with Crippen LogP contribution in [0.1, 0.15) is 49.3 Å². The van der Waals surface area contributed by atoms with Gasteiger partial charge in [0.15, 0.2) is 5.69 Å². The molecule has 0 saturated carbocycles. The number of carboxylic acids is 1. The first-order valence-corrected chi connectivity index (χ1v) is 7.72. The number of benzene rings is 1. The third kappa shape index (κ3) is 5.19. The number of amides is 1. The Morgan fingerprint density at radius 1 is 1.25 bits per heavy atom. The van der Waals surface area contributed by atoms with Crippen LogP contribution >= 0.6 is 0 Å². The van der Waals surface area contributed by atoms with Crippen molar-refractivity contribution in [2.75, 3.05) is 0 Å². The van der Waals surface area contributed by atoms with Gasteiger partial charge in [0.2, 0.25) is 5.91 Å². The van der Waals surface area contributed by atoms with Crippen LogP contribution in [-0.2, 0) is 11.3 Å². The Bertz CT molecular complexity index is 704. The fraction of sp³-hybridized carbons (Fsp3) is 0.412. The van der Waals surface area contributed by atoms with Crippen LogP contribution in [-0.4, -0.2) is 32.0 Å². The molecule has 1 heterocycles. The SMILES string of the molecule is CC(C)(C)CC(NC(=O)Cn1cc(C(=O)O)nn1)c1ccccc1. The van der Waals surface area contributed by atoms with Gasteiger partial charge in [-0.05, 0) is 17.4 Å². The van der Waals surface area contributed by atoms with E-state index in [1.54, 1.807) is 0 Å². The lowest BCUT2D eigenvalue weighted by atomic mass is 9.85. The molecule has 2 N–H and O–H groups in total. The normalized spacial score (nSPS) is 12.6. The molecule has 0 aliphatic heterocycles. The minimum atomic E-state index is -1.17. The summed E-state index contributed by atoms with van der Waals surface area (Å²) >= 11 is 0. The van der Waals surface area contributed by atoms with E-state index in [1.807, 2.05) is 30.3 Å². The molecule has 1 amide bonds. The van der Waals surface area contributed by atoms with E-state index in [0.717, 1.165) is 12.0 Å². The number of hydrogen-bond donors (Lipinski definition) is 2. The Balaban J connectivity index is 2.07. The van der Waals surface area contributed by atoms with Gasteiger partial charge in [-0.2, -0.15) is 0 Å². The molecule has 1 aromatic heterocycles. The fourth-order valence-corrected chi connectivity index (χ4v) is 2.41. The van der Waals surface area contributed by atoms with E-state index in [0.29, 0.717) is 0 Å². The molecule has 2 aromatic rings. The zero-order valence-corrected chi connectivity index (χ0v) is 14.1. The van der Waals surface area contributed by atoms with Gasteiger partial charge in [0.1, 0.15) is 6.54 Å². The Morgan fingerprint density at radius 3 is 2.46 bits per heavy atom. The number of hydrogen-bond acceptors (Lipinski definition) is 4. The highest BCUT2D eigenvalue weighted by atomic mass is 16.4. The summed E-state index contributed by atoms with van der Waals surface area (Å²) in [4.78, 5) is 23.1. The number of carbonyl (C=O) groups excluding carboxylic acids is 1. The first kappa shape index (κ1) is 17.7. The zero-order chi connectivity index (χ0) is 17.7. The lowest BCUT2D eigenvalue weighted by molar-refractivity contribution is -0.122. The molecular formula is C17H22N4O3. The summed E-state index contributed by atoms with van der Waals surface area (Å²) in [6, 6.07) is 9.65. The van der Waals surface area contributed by atoms with Gasteiger partial charge < -0.3 is 10.4 Å². The van der Waals surface area contributed by atoms with Crippen molar-refractivity contribution in [1.29, 1.82) is 0 Å². The van der Waals surface area contributed by atoms with Crippen LogP contribution in [0.4, 0.5) is 0 Å². The van der Waals surface area contributed by atoms with Crippen molar-refractivity contribution < 1.29 is 14.7 Å². The number of carboxylic acid groups (broad SMARTS) is 1. The number of rotatable bonds is 6. The number of nitrogens with zero attached hydrogens (tertiary/aromatic N) is 3. The van der Waals surface area contributed by atoms with Crippen LogP contribution in [0.2, 0.25) is 0 Å². The number of aromatic carboxylic acids is 1. The number of nitrogens with one attached hydrogen (secondary N) is 1. The summed E-state index contributed by atoms with van der Waals surface area (Å²) in [5.41, 5.74) is 0.889. The third-order valence-electron chi connectivity index (χ3n) is 3.42. The molecule has 0 aliphatic carbocycles. The van der Waals surface area contributed by atoms with Crippen molar-refractivity contribution in [2.45, 2.75) is 39.8 Å².